The Balaban J connectivity index is 1.63. The number of likely N-dealkylation sites (tertiary alicyclic amines) is 1. The van der Waals surface area contributed by atoms with E-state index in [4.69, 9.17) is 4.74 Å². The van der Waals surface area contributed by atoms with Gasteiger partial charge in [0, 0.05) is 31.3 Å². The molecule has 0 aliphatic carbocycles. The first-order valence-electron chi connectivity index (χ1n) is 6.52. The molecule has 0 bridgehead atoms. The van der Waals surface area contributed by atoms with Crippen molar-refractivity contribution in [2.24, 2.45) is 0 Å². The third kappa shape index (κ3) is 3.04. The molecule has 2 aromatic rings. The van der Waals surface area contributed by atoms with E-state index < -0.39 is 0 Å². The van der Waals surface area contributed by atoms with E-state index >= 15 is 0 Å². The molecule has 3 rings (SSSR count). The van der Waals surface area contributed by atoms with Crippen LogP contribution in [0.4, 0.5) is 0 Å². The maximum atomic E-state index is 12.2. The van der Waals surface area contributed by atoms with E-state index in [1.165, 1.54) is 12.1 Å². The Bertz CT molecular complexity index is 667. The van der Waals surface area contributed by atoms with Gasteiger partial charge in [-0.05, 0) is 12.1 Å². The van der Waals surface area contributed by atoms with Gasteiger partial charge < -0.3 is 9.64 Å². The highest BCUT2D eigenvalue weighted by molar-refractivity contribution is 5.92. The van der Waals surface area contributed by atoms with E-state index in [0.717, 1.165) is 0 Å². The lowest BCUT2D eigenvalue weighted by molar-refractivity contribution is 0.0764. The second-order valence-electron chi connectivity index (χ2n) is 4.65. The molecule has 1 aliphatic rings. The Morgan fingerprint density at radius 3 is 3.00 bits per heavy atom. The number of carbonyl (C=O) groups excluding carboxylic acids is 1. The highest BCUT2D eigenvalue weighted by Crippen LogP contribution is 2.17. The molecule has 0 aromatic carbocycles. The number of hydrogen-bond donors (Lipinski definition) is 1. The van der Waals surface area contributed by atoms with Gasteiger partial charge >= 0.3 is 0 Å². The highest BCUT2D eigenvalue weighted by Gasteiger charge is 2.29. The lowest BCUT2D eigenvalue weighted by atomic mass is 10.3. The van der Waals surface area contributed by atoms with Crippen LogP contribution in [0.3, 0.4) is 0 Å². The van der Waals surface area contributed by atoms with Crippen LogP contribution in [-0.4, -0.2) is 50.4 Å². The number of aromatic amines is 1. The zero-order chi connectivity index (χ0) is 14.7. The van der Waals surface area contributed by atoms with Gasteiger partial charge in [-0.2, -0.15) is 10.2 Å². The summed E-state index contributed by atoms with van der Waals surface area (Å²) in [5.74, 6) is 0.218. The number of nitrogens with one attached hydrogen (secondary N) is 1. The number of hydrogen-bond acceptors (Lipinski definition) is 6. The van der Waals surface area contributed by atoms with Crippen molar-refractivity contribution in [3.63, 3.8) is 0 Å². The van der Waals surface area contributed by atoms with Gasteiger partial charge in [-0.25, -0.2) is 5.10 Å². The summed E-state index contributed by atoms with van der Waals surface area (Å²) in [5.41, 5.74) is -0.119. The molecular weight excluding hydrogens is 274 g/mol. The van der Waals surface area contributed by atoms with Crippen LogP contribution in [0.5, 0.6) is 5.88 Å². The number of aromatic nitrogens is 4. The summed E-state index contributed by atoms with van der Waals surface area (Å²) in [7, 11) is 0. The molecule has 8 heteroatoms. The third-order valence-corrected chi connectivity index (χ3v) is 3.17. The second-order valence-corrected chi connectivity index (χ2v) is 4.65. The Morgan fingerprint density at radius 1 is 1.38 bits per heavy atom. The molecule has 1 saturated heterocycles. The number of H-pyrrole nitrogens is 1. The van der Waals surface area contributed by atoms with Crippen molar-refractivity contribution >= 4 is 5.91 Å². The van der Waals surface area contributed by atoms with Crippen LogP contribution in [-0.2, 0) is 0 Å². The Kier molecular flexibility index (Phi) is 3.59. The van der Waals surface area contributed by atoms with E-state index in [-0.39, 0.29) is 23.3 Å². The van der Waals surface area contributed by atoms with Crippen molar-refractivity contribution in [2.75, 3.05) is 13.1 Å². The smallest absolute Gasteiger partial charge is 0.274 e. The predicted octanol–water partition coefficient (Wildman–Crippen LogP) is -0.147. The molecule has 8 nitrogen and oxygen atoms in total. The fraction of sp³-hybridized carbons (Fsp3) is 0.308. The first-order chi connectivity index (χ1) is 10.2. The summed E-state index contributed by atoms with van der Waals surface area (Å²) in [6.45, 7) is 1.03. The number of carbonyl (C=O) groups is 1. The van der Waals surface area contributed by atoms with Crippen molar-refractivity contribution in [1.29, 1.82) is 0 Å². The molecule has 0 unspecified atom stereocenters. The molecular formula is C13H13N5O3. The summed E-state index contributed by atoms with van der Waals surface area (Å²) in [5, 5.41) is 13.6. The van der Waals surface area contributed by atoms with Gasteiger partial charge in [0.15, 0.2) is 0 Å². The number of nitrogens with zero attached hydrogens (tertiary/aromatic N) is 4. The molecule has 21 heavy (non-hydrogen) atoms. The highest BCUT2D eigenvalue weighted by atomic mass is 16.5. The van der Waals surface area contributed by atoms with Crippen molar-refractivity contribution in [3.8, 4) is 5.88 Å². The quantitative estimate of drug-likeness (QED) is 0.842. The number of rotatable bonds is 3. The monoisotopic (exact) mass is 287 g/mol. The van der Waals surface area contributed by atoms with Gasteiger partial charge in [0.25, 0.3) is 11.5 Å². The zero-order valence-electron chi connectivity index (χ0n) is 11.1. The summed E-state index contributed by atoms with van der Waals surface area (Å²) in [6, 6.07) is 6.16. The minimum Gasteiger partial charge on any atom is -0.471 e. The summed E-state index contributed by atoms with van der Waals surface area (Å²) in [6.07, 6.45) is 2.17. The largest absolute Gasteiger partial charge is 0.471 e. The Labute approximate surface area is 119 Å². The van der Waals surface area contributed by atoms with Crippen LogP contribution in [0, 0.1) is 0 Å². The van der Waals surface area contributed by atoms with Gasteiger partial charge in [-0.3, -0.25) is 9.59 Å². The lowest BCUT2D eigenvalue weighted by Crippen LogP contribution is -2.32. The van der Waals surface area contributed by atoms with Crippen LogP contribution in [0.15, 0.2) is 35.3 Å². The van der Waals surface area contributed by atoms with Gasteiger partial charge in [-0.15, -0.1) is 5.10 Å². The fourth-order valence-electron chi connectivity index (χ4n) is 2.16. The molecule has 1 fully saturated rings. The van der Waals surface area contributed by atoms with E-state index in [1.807, 2.05) is 0 Å². The molecule has 108 valence electrons. The van der Waals surface area contributed by atoms with Gasteiger partial charge in [0.1, 0.15) is 11.8 Å². The summed E-state index contributed by atoms with van der Waals surface area (Å²) < 4.78 is 5.66. The van der Waals surface area contributed by atoms with Crippen molar-refractivity contribution < 1.29 is 9.53 Å². The van der Waals surface area contributed by atoms with E-state index in [0.29, 0.717) is 25.4 Å². The van der Waals surface area contributed by atoms with Crippen LogP contribution in [0.2, 0.25) is 0 Å². The van der Waals surface area contributed by atoms with Crippen LogP contribution < -0.4 is 10.3 Å². The second kappa shape index (κ2) is 5.70. The lowest BCUT2D eigenvalue weighted by Gasteiger charge is -2.16. The average Bonchev–Trinajstić information content (AvgIpc) is 2.97. The first kappa shape index (κ1) is 13.2. The maximum Gasteiger partial charge on any atom is 0.274 e. The summed E-state index contributed by atoms with van der Waals surface area (Å²) >= 11 is 0. The topological polar surface area (TPSA) is 101 Å². The Morgan fingerprint density at radius 2 is 2.29 bits per heavy atom. The van der Waals surface area contributed by atoms with E-state index in [1.54, 1.807) is 23.2 Å². The van der Waals surface area contributed by atoms with Crippen molar-refractivity contribution in [3.05, 3.63) is 46.5 Å². The standard InChI is InChI=1S/C13H13N5O3/c19-11-4-3-10(15-16-11)13(20)18-7-5-9(8-18)21-12-2-1-6-14-17-12/h1-4,6,9H,5,7-8H2,(H,16,19)/t9-/m1/s1. The third-order valence-electron chi connectivity index (χ3n) is 3.17. The molecule has 3 heterocycles. The minimum atomic E-state index is -0.336. The number of ether oxygens (including phenoxy) is 1. The molecule has 0 radical (unpaired) electrons. The van der Waals surface area contributed by atoms with Crippen LogP contribution >= 0.6 is 0 Å². The van der Waals surface area contributed by atoms with E-state index in [2.05, 4.69) is 20.4 Å². The minimum absolute atomic E-state index is 0.117. The SMILES string of the molecule is O=C(c1ccc(=O)[nH]n1)N1CC[C@@H](Oc2cccnn2)C1. The van der Waals surface area contributed by atoms with Gasteiger partial charge in [0.2, 0.25) is 5.88 Å². The van der Waals surface area contributed by atoms with Gasteiger partial charge in [0.05, 0.1) is 6.54 Å². The molecule has 1 atom stereocenters. The predicted molar refractivity (Wildman–Crippen MR) is 71.8 cm³/mol. The fourth-order valence-corrected chi connectivity index (χ4v) is 2.16. The molecule has 1 N–H and O–H groups in total. The van der Waals surface area contributed by atoms with Gasteiger partial charge in [-0.1, -0.05) is 0 Å². The normalized spacial score (nSPS) is 17.7. The van der Waals surface area contributed by atoms with Crippen LogP contribution in [0.25, 0.3) is 0 Å². The maximum absolute atomic E-state index is 12.2. The molecule has 2 aromatic heterocycles. The Hall–Kier alpha value is -2.77. The average molecular weight is 287 g/mol. The van der Waals surface area contributed by atoms with E-state index in [9.17, 15) is 9.59 Å². The van der Waals surface area contributed by atoms with Crippen molar-refractivity contribution in [2.45, 2.75) is 12.5 Å². The molecule has 1 aliphatic heterocycles. The molecule has 0 spiro atoms. The van der Waals surface area contributed by atoms with Crippen LogP contribution in [0.1, 0.15) is 16.9 Å². The molecule has 0 saturated carbocycles. The number of amides is 1. The zero-order valence-corrected chi connectivity index (χ0v) is 11.1. The van der Waals surface area contributed by atoms with Crippen molar-refractivity contribution in [1.82, 2.24) is 25.3 Å². The molecule has 1 amide bonds. The summed E-state index contributed by atoms with van der Waals surface area (Å²) in [4.78, 5) is 24.8. The first-order valence-corrected chi connectivity index (χ1v) is 6.52.